The van der Waals surface area contributed by atoms with E-state index in [9.17, 15) is 9.18 Å². The number of aromatic amines is 2. The van der Waals surface area contributed by atoms with E-state index < -0.39 is 0 Å². The van der Waals surface area contributed by atoms with Gasteiger partial charge >= 0.3 is 0 Å². The predicted molar refractivity (Wildman–Crippen MR) is 105 cm³/mol. The molecule has 4 aromatic rings. The van der Waals surface area contributed by atoms with Crippen molar-refractivity contribution < 1.29 is 9.18 Å². The van der Waals surface area contributed by atoms with Crippen LogP contribution in [0.3, 0.4) is 0 Å². The van der Waals surface area contributed by atoms with Crippen molar-refractivity contribution in [3.05, 3.63) is 47.4 Å². The van der Waals surface area contributed by atoms with E-state index >= 15 is 0 Å². The fourth-order valence-electron chi connectivity index (χ4n) is 3.01. The van der Waals surface area contributed by atoms with Crippen LogP contribution >= 0.6 is 11.6 Å². The zero-order valence-corrected chi connectivity index (χ0v) is 15.5. The van der Waals surface area contributed by atoms with Gasteiger partial charge in [0.15, 0.2) is 11.5 Å². The number of H-pyrrole nitrogens is 2. The Morgan fingerprint density at radius 2 is 2.11 bits per heavy atom. The minimum absolute atomic E-state index is 0.0849. The zero-order chi connectivity index (χ0) is 19.5. The Balaban J connectivity index is 1.26. The highest BCUT2D eigenvalue weighted by atomic mass is 35.5. The van der Waals surface area contributed by atoms with Gasteiger partial charge in [-0.2, -0.15) is 9.97 Å². The van der Waals surface area contributed by atoms with Gasteiger partial charge in [0, 0.05) is 36.6 Å². The lowest BCUT2D eigenvalue weighted by Crippen LogP contribution is -2.27. The van der Waals surface area contributed by atoms with E-state index in [-0.39, 0.29) is 23.4 Å². The summed E-state index contributed by atoms with van der Waals surface area (Å²) in [5, 5.41) is 6.85. The van der Waals surface area contributed by atoms with Crippen LogP contribution in [0.5, 0.6) is 0 Å². The normalized spacial score (nSPS) is 11.2. The van der Waals surface area contributed by atoms with Crippen LogP contribution in [-0.4, -0.2) is 43.9 Å². The van der Waals surface area contributed by atoms with Crippen LogP contribution in [0.15, 0.2) is 30.7 Å². The summed E-state index contributed by atoms with van der Waals surface area (Å²) in [5.41, 5.74) is 2.93. The van der Waals surface area contributed by atoms with Crippen molar-refractivity contribution in [1.29, 1.82) is 0 Å². The maximum Gasteiger partial charge on any atom is 0.226 e. The summed E-state index contributed by atoms with van der Waals surface area (Å²) in [4.78, 5) is 30.2. The van der Waals surface area contributed by atoms with E-state index in [1.54, 1.807) is 6.07 Å². The SMILES string of the molecule is O=C(CCNc1nc(Cl)nc2nc[nH]c12)NCCc1c[nH]c2ccc(F)cc12. The minimum atomic E-state index is -0.278. The molecule has 0 aliphatic heterocycles. The number of carbonyl (C=O) groups excluding carboxylic acids is 1. The summed E-state index contributed by atoms with van der Waals surface area (Å²) in [5.74, 6) is 0.125. The number of hydrogen-bond donors (Lipinski definition) is 4. The Kier molecular flexibility index (Phi) is 5.07. The number of amides is 1. The van der Waals surface area contributed by atoms with E-state index in [1.807, 2.05) is 6.20 Å². The molecule has 8 nitrogen and oxygen atoms in total. The first-order chi connectivity index (χ1) is 13.6. The van der Waals surface area contributed by atoms with E-state index in [1.165, 1.54) is 18.5 Å². The number of aromatic nitrogens is 5. The molecule has 4 N–H and O–H groups in total. The largest absolute Gasteiger partial charge is 0.368 e. The summed E-state index contributed by atoms with van der Waals surface area (Å²) < 4.78 is 13.4. The van der Waals surface area contributed by atoms with E-state index in [0.717, 1.165) is 16.5 Å². The Morgan fingerprint density at radius 1 is 1.21 bits per heavy atom. The van der Waals surface area contributed by atoms with Crippen molar-refractivity contribution in [3.63, 3.8) is 0 Å². The van der Waals surface area contributed by atoms with Crippen LogP contribution in [0.4, 0.5) is 10.2 Å². The molecular formula is C18H17ClFN7O. The Hall–Kier alpha value is -3.20. The molecule has 0 saturated carbocycles. The second kappa shape index (κ2) is 7.81. The van der Waals surface area contributed by atoms with Gasteiger partial charge in [0.1, 0.15) is 11.3 Å². The Morgan fingerprint density at radius 3 is 3.00 bits per heavy atom. The lowest BCUT2D eigenvalue weighted by molar-refractivity contribution is -0.120. The Labute approximate surface area is 163 Å². The molecule has 0 aliphatic rings. The molecule has 144 valence electrons. The van der Waals surface area contributed by atoms with Crippen LogP contribution in [0, 0.1) is 5.82 Å². The maximum atomic E-state index is 13.4. The number of halogens is 2. The van der Waals surface area contributed by atoms with Crippen molar-refractivity contribution in [3.8, 4) is 0 Å². The average Bonchev–Trinajstić information content (AvgIpc) is 3.28. The number of rotatable bonds is 7. The molecule has 0 saturated heterocycles. The average molecular weight is 402 g/mol. The molecule has 28 heavy (non-hydrogen) atoms. The van der Waals surface area contributed by atoms with Gasteiger partial charge in [0.05, 0.1) is 6.33 Å². The highest BCUT2D eigenvalue weighted by molar-refractivity contribution is 6.28. The van der Waals surface area contributed by atoms with Crippen molar-refractivity contribution in [2.75, 3.05) is 18.4 Å². The first kappa shape index (κ1) is 18.2. The smallest absolute Gasteiger partial charge is 0.226 e. The van der Waals surface area contributed by atoms with Gasteiger partial charge in [0.2, 0.25) is 11.2 Å². The molecule has 0 atom stereocenters. The number of hydrogen-bond acceptors (Lipinski definition) is 5. The third-order valence-electron chi connectivity index (χ3n) is 4.35. The highest BCUT2D eigenvalue weighted by Crippen LogP contribution is 2.20. The zero-order valence-electron chi connectivity index (χ0n) is 14.7. The van der Waals surface area contributed by atoms with Gasteiger partial charge in [-0.25, -0.2) is 9.37 Å². The monoisotopic (exact) mass is 401 g/mol. The van der Waals surface area contributed by atoms with Gasteiger partial charge < -0.3 is 20.6 Å². The number of fused-ring (bicyclic) bond motifs is 2. The molecule has 3 aromatic heterocycles. The van der Waals surface area contributed by atoms with Gasteiger partial charge in [-0.05, 0) is 41.8 Å². The Bertz CT molecular complexity index is 1140. The third-order valence-corrected chi connectivity index (χ3v) is 4.52. The quantitative estimate of drug-likeness (QED) is 0.356. The predicted octanol–water partition coefficient (Wildman–Crippen LogP) is 2.79. The summed E-state index contributed by atoms with van der Waals surface area (Å²) in [7, 11) is 0. The van der Waals surface area contributed by atoms with Crippen molar-refractivity contribution in [2.24, 2.45) is 0 Å². The number of imidazole rings is 1. The standard InChI is InChI=1S/C18H17ClFN7O/c19-18-26-16(15-17(27-18)25-9-24-15)22-6-4-14(28)21-5-3-10-8-23-13-2-1-11(20)7-12(10)13/h1-2,7-9,23H,3-6H2,(H,21,28)(H2,22,24,25,26,27). The fraction of sp³-hybridized carbons (Fsp3) is 0.222. The van der Waals surface area contributed by atoms with Crippen molar-refractivity contribution in [2.45, 2.75) is 12.8 Å². The maximum absolute atomic E-state index is 13.4. The molecule has 0 aliphatic carbocycles. The number of nitrogens with zero attached hydrogens (tertiary/aromatic N) is 3. The summed E-state index contributed by atoms with van der Waals surface area (Å²) in [6, 6.07) is 4.61. The summed E-state index contributed by atoms with van der Waals surface area (Å²) >= 11 is 5.87. The van der Waals surface area contributed by atoms with E-state index in [2.05, 4.69) is 35.6 Å². The molecule has 3 heterocycles. The summed E-state index contributed by atoms with van der Waals surface area (Å²) in [6.45, 7) is 0.845. The molecule has 0 bridgehead atoms. The molecule has 0 fully saturated rings. The topological polar surface area (TPSA) is 111 Å². The second-order valence-corrected chi connectivity index (χ2v) is 6.56. The molecule has 1 aromatic carbocycles. The second-order valence-electron chi connectivity index (χ2n) is 6.22. The number of anilines is 1. The van der Waals surface area contributed by atoms with Gasteiger partial charge in [-0.15, -0.1) is 0 Å². The molecular weight excluding hydrogens is 385 g/mol. The van der Waals surface area contributed by atoms with Crippen molar-refractivity contribution >= 4 is 45.4 Å². The minimum Gasteiger partial charge on any atom is -0.368 e. The van der Waals surface area contributed by atoms with Crippen LogP contribution in [-0.2, 0) is 11.2 Å². The van der Waals surface area contributed by atoms with Crippen LogP contribution in [0.2, 0.25) is 5.28 Å². The number of carbonyl (C=O) groups is 1. The highest BCUT2D eigenvalue weighted by Gasteiger charge is 2.10. The van der Waals surface area contributed by atoms with Gasteiger partial charge in [-0.3, -0.25) is 4.79 Å². The van der Waals surface area contributed by atoms with Crippen LogP contribution < -0.4 is 10.6 Å². The van der Waals surface area contributed by atoms with Crippen molar-refractivity contribution in [1.82, 2.24) is 30.2 Å². The number of benzene rings is 1. The first-order valence-corrected chi connectivity index (χ1v) is 9.10. The van der Waals surface area contributed by atoms with E-state index in [0.29, 0.717) is 36.5 Å². The third kappa shape index (κ3) is 3.89. The van der Waals surface area contributed by atoms with Gasteiger partial charge in [-0.1, -0.05) is 0 Å². The molecule has 0 radical (unpaired) electrons. The molecule has 0 unspecified atom stereocenters. The van der Waals surface area contributed by atoms with Gasteiger partial charge in [0.25, 0.3) is 0 Å². The molecule has 4 rings (SSSR count). The first-order valence-electron chi connectivity index (χ1n) is 8.73. The molecule has 0 spiro atoms. The van der Waals surface area contributed by atoms with E-state index in [4.69, 9.17) is 11.6 Å². The lowest BCUT2D eigenvalue weighted by Gasteiger charge is -2.07. The fourth-order valence-corrected chi connectivity index (χ4v) is 3.18. The molecule has 1 amide bonds. The van der Waals surface area contributed by atoms with Crippen LogP contribution in [0.1, 0.15) is 12.0 Å². The summed E-state index contributed by atoms with van der Waals surface area (Å²) in [6.07, 6.45) is 4.22. The molecule has 10 heteroatoms. The van der Waals surface area contributed by atoms with Crippen LogP contribution in [0.25, 0.3) is 22.1 Å². The number of nitrogens with one attached hydrogen (secondary N) is 4. The lowest BCUT2D eigenvalue weighted by atomic mass is 10.1.